The molecule has 2 fully saturated rings. The lowest BCUT2D eigenvalue weighted by Gasteiger charge is -2.50. The predicted molar refractivity (Wildman–Crippen MR) is 101 cm³/mol. The van der Waals surface area contributed by atoms with Crippen LogP contribution in [0.15, 0.2) is 0 Å². The molecule has 0 unspecified atom stereocenters. The van der Waals surface area contributed by atoms with Gasteiger partial charge in [-0.05, 0) is 68.0 Å². The molecule has 2 aliphatic rings. The smallest absolute Gasteiger partial charge is 0.192 e. The van der Waals surface area contributed by atoms with Gasteiger partial charge in [0.15, 0.2) is 8.32 Å². The van der Waals surface area contributed by atoms with Gasteiger partial charge in [0.1, 0.15) is 0 Å². The molecule has 2 aliphatic carbocycles. The van der Waals surface area contributed by atoms with E-state index < -0.39 is 13.9 Å². The van der Waals surface area contributed by atoms with E-state index in [1.165, 1.54) is 37.4 Å². The number of nitriles is 1. The van der Waals surface area contributed by atoms with Crippen LogP contribution in [0, 0.1) is 28.6 Å². The maximum absolute atomic E-state index is 10.9. The Labute approximate surface area is 149 Å². The Morgan fingerprint density at radius 3 is 2.38 bits per heavy atom. The predicted octanol–water partition coefficient (Wildman–Crippen LogP) is 5.26. The minimum Gasteiger partial charge on any atom is -0.414 e. The molecular weight excluding hydrogens is 314 g/mol. The quantitative estimate of drug-likeness (QED) is 0.637. The summed E-state index contributed by atoms with van der Waals surface area (Å²) >= 11 is 0. The third kappa shape index (κ3) is 3.45. The summed E-state index contributed by atoms with van der Waals surface area (Å²) in [7, 11) is -1.60. The molecule has 0 aromatic heterocycles. The van der Waals surface area contributed by atoms with Crippen LogP contribution in [0.2, 0.25) is 18.1 Å². The molecule has 3 nitrogen and oxygen atoms in total. The van der Waals surface area contributed by atoms with Crippen molar-refractivity contribution >= 4 is 8.32 Å². The van der Waals surface area contributed by atoms with E-state index in [-0.39, 0.29) is 17.8 Å². The Kier molecular flexibility index (Phi) is 6.21. The Morgan fingerprint density at radius 1 is 1.21 bits per heavy atom. The summed E-state index contributed by atoms with van der Waals surface area (Å²) in [5, 5.41) is 20.0. The molecule has 1 N–H and O–H groups in total. The lowest BCUT2D eigenvalue weighted by molar-refractivity contribution is -0.0842. The van der Waals surface area contributed by atoms with E-state index in [0.29, 0.717) is 12.0 Å². The normalized spacial score (nSPS) is 36.0. The second-order valence-electron chi connectivity index (χ2n) is 8.73. The van der Waals surface area contributed by atoms with Crippen LogP contribution in [0.3, 0.4) is 0 Å². The van der Waals surface area contributed by atoms with Crippen molar-refractivity contribution < 1.29 is 9.53 Å². The van der Waals surface area contributed by atoms with Gasteiger partial charge in [-0.2, -0.15) is 5.26 Å². The van der Waals surface area contributed by atoms with Crippen molar-refractivity contribution in [2.75, 3.05) is 0 Å². The zero-order valence-electron chi connectivity index (χ0n) is 16.4. The lowest BCUT2D eigenvalue weighted by atomic mass is 9.60. The molecule has 0 bridgehead atoms. The van der Waals surface area contributed by atoms with E-state index in [1.807, 2.05) is 6.92 Å². The van der Waals surface area contributed by atoms with Gasteiger partial charge in [0, 0.05) is 6.10 Å². The molecule has 0 heterocycles. The van der Waals surface area contributed by atoms with Gasteiger partial charge >= 0.3 is 0 Å². The maximum Gasteiger partial charge on any atom is 0.192 e. The van der Waals surface area contributed by atoms with Gasteiger partial charge in [0.25, 0.3) is 0 Å². The van der Waals surface area contributed by atoms with Gasteiger partial charge < -0.3 is 9.53 Å². The summed E-state index contributed by atoms with van der Waals surface area (Å²) in [6.07, 6.45) is 6.34. The lowest BCUT2D eigenvalue weighted by Crippen LogP contribution is -2.51. The average molecular weight is 352 g/mol. The van der Waals surface area contributed by atoms with Crippen LogP contribution in [0.5, 0.6) is 0 Å². The highest BCUT2D eigenvalue weighted by Gasteiger charge is 2.57. The van der Waals surface area contributed by atoms with E-state index in [0.717, 1.165) is 12.8 Å². The van der Waals surface area contributed by atoms with Crippen molar-refractivity contribution in [3.63, 3.8) is 0 Å². The van der Waals surface area contributed by atoms with Gasteiger partial charge in [-0.15, -0.1) is 0 Å². The van der Waals surface area contributed by atoms with E-state index in [1.54, 1.807) is 0 Å². The van der Waals surface area contributed by atoms with Crippen LogP contribution in [-0.2, 0) is 4.43 Å². The minimum absolute atomic E-state index is 0.124. The molecule has 0 radical (unpaired) electrons. The molecule has 2 saturated carbocycles. The SMILES string of the molecule is CC[Si](CC)(CC)O[C@H]1CCC[C@@]2(C)[C@H]1CC[C@@H]2[C@@](C)(O)CC#N. The third-order valence-electron chi connectivity index (χ3n) is 7.58. The molecule has 0 saturated heterocycles. The number of hydrogen-bond donors (Lipinski definition) is 1. The number of hydrogen-bond acceptors (Lipinski definition) is 3. The van der Waals surface area contributed by atoms with Crippen LogP contribution in [0.1, 0.15) is 73.1 Å². The first-order chi connectivity index (χ1) is 11.3. The van der Waals surface area contributed by atoms with Crippen molar-refractivity contribution in [2.24, 2.45) is 17.3 Å². The molecule has 4 heteroatoms. The first-order valence-electron chi connectivity index (χ1n) is 10.1. The fourth-order valence-electron chi connectivity index (χ4n) is 5.89. The minimum atomic E-state index is -1.60. The van der Waals surface area contributed by atoms with E-state index in [4.69, 9.17) is 9.69 Å². The molecule has 5 atom stereocenters. The fraction of sp³-hybridized carbons (Fsp3) is 0.950. The zero-order chi connectivity index (χ0) is 18.0. The van der Waals surface area contributed by atoms with Crippen molar-refractivity contribution in [3.8, 4) is 6.07 Å². The second kappa shape index (κ2) is 7.48. The number of nitrogens with zero attached hydrogens (tertiary/aromatic N) is 1. The van der Waals surface area contributed by atoms with Crippen molar-refractivity contribution in [1.82, 2.24) is 0 Å². The van der Waals surface area contributed by atoms with Crippen LogP contribution in [-0.4, -0.2) is 25.1 Å². The molecule has 138 valence electrons. The largest absolute Gasteiger partial charge is 0.414 e. The first-order valence-corrected chi connectivity index (χ1v) is 12.6. The second-order valence-corrected chi connectivity index (χ2v) is 13.4. The first kappa shape index (κ1) is 19.9. The van der Waals surface area contributed by atoms with Crippen molar-refractivity contribution in [3.05, 3.63) is 0 Å². The molecule has 0 spiro atoms. The highest BCUT2D eigenvalue weighted by Crippen LogP contribution is 2.60. The molecule has 24 heavy (non-hydrogen) atoms. The summed E-state index contributed by atoms with van der Waals surface area (Å²) in [5.41, 5.74) is -0.743. The Hall–Kier alpha value is -0.373. The summed E-state index contributed by atoms with van der Waals surface area (Å²) in [5.74, 6) is 0.778. The highest BCUT2D eigenvalue weighted by molar-refractivity contribution is 6.73. The molecule has 0 aromatic rings. The van der Waals surface area contributed by atoms with Gasteiger partial charge in [0.05, 0.1) is 18.1 Å². The van der Waals surface area contributed by atoms with Crippen LogP contribution < -0.4 is 0 Å². The summed E-state index contributed by atoms with van der Waals surface area (Å²) in [6, 6.07) is 5.81. The summed E-state index contributed by atoms with van der Waals surface area (Å²) in [6.45, 7) is 11.1. The monoisotopic (exact) mass is 351 g/mol. The summed E-state index contributed by atoms with van der Waals surface area (Å²) in [4.78, 5) is 0. The zero-order valence-corrected chi connectivity index (χ0v) is 17.4. The number of fused-ring (bicyclic) bond motifs is 1. The summed E-state index contributed by atoms with van der Waals surface area (Å²) < 4.78 is 6.92. The fourth-order valence-corrected chi connectivity index (χ4v) is 8.81. The Balaban J connectivity index is 2.22. The van der Waals surface area contributed by atoms with Crippen molar-refractivity contribution in [1.29, 1.82) is 5.26 Å². The van der Waals surface area contributed by atoms with E-state index >= 15 is 0 Å². The number of aliphatic hydroxyl groups is 1. The van der Waals surface area contributed by atoms with Crippen LogP contribution in [0.25, 0.3) is 0 Å². The molecule has 0 aliphatic heterocycles. The molecule has 2 rings (SSSR count). The molecule has 0 aromatic carbocycles. The van der Waals surface area contributed by atoms with Gasteiger partial charge in [-0.25, -0.2) is 0 Å². The van der Waals surface area contributed by atoms with Crippen LogP contribution in [0.4, 0.5) is 0 Å². The third-order valence-corrected chi connectivity index (χ3v) is 12.3. The van der Waals surface area contributed by atoms with E-state index in [9.17, 15) is 5.11 Å². The van der Waals surface area contributed by atoms with Gasteiger partial charge in [-0.1, -0.05) is 34.1 Å². The van der Waals surface area contributed by atoms with E-state index in [2.05, 4.69) is 33.8 Å². The molecule has 0 amide bonds. The Morgan fingerprint density at radius 2 is 1.83 bits per heavy atom. The number of rotatable bonds is 7. The van der Waals surface area contributed by atoms with Gasteiger partial charge in [-0.3, -0.25) is 0 Å². The van der Waals surface area contributed by atoms with Crippen molar-refractivity contribution in [2.45, 2.75) is 103 Å². The maximum atomic E-state index is 10.9. The highest BCUT2D eigenvalue weighted by atomic mass is 28.4. The topological polar surface area (TPSA) is 53.2 Å². The average Bonchev–Trinajstić information content (AvgIpc) is 2.91. The molecular formula is C20H37NO2Si. The standard InChI is InChI=1S/C20H37NO2Si/c1-6-24(7-2,8-3)23-17-10-9-13-19(4)16(17)11-12-18(19)20(5,22)14-15-21/h16-18,22H,6-14H2,1-5H3/t16-,17-,18-,19-,20-/m0/s1. The van der Waals surface area contributed by atoms with Gasteiger partial charge in [0.2, 0.25) is 0 Å². The van der Waals surface area contributed by atoms with Crippen LogP contribution >= 0.6 is 0 Å². The Bertz CT molecular complexity index is 460.